The van der Waals surface area contributed by atoms with E-state index in [-0.39, 0.29) is 0 Å². The van der Waals surface area contributed by atoms with Gasteiger partial charge in [0.05, 0.1) is 12.8 Å². The first kappa shape index (κ1) is 20.0. The quantitative estimate of drug-likeness (QED) is 0.345. The zero-order chi connectivity index (χ0) is 18.3. The van der Waals surface area contributed by atoms with Crippen LogP contribution >= 0.6 is 0 Å². The van der Waals surface area contributed by atoms with Crippen molar-refractivity contribution in [3.8, 4) is 0 Å². The number of aliphatic imine (C=N–C) groups is 1. The first-order valence-corrected chi connectivity index (χ1v) is 9.54. The third-order valence-electron chi connectivity index (χ3n) is 3.91. The molecular weight excluding hydrogens is 326 g/mol. The Kier molecular flexibility index (Phi) is 10.0. The molecule has 0 bridgehead atoms. The zero-order valence-electron chi connectivity index (χ0n) is 15.7. The van der Waals surface area contributed by atoms with Gasteiger partial charge in [-0.15, -0.1) is 0 Å². The monoisotopic (exact) mass is 357 g/mol. The van der Waals surface area contributed by atoms with Crippen molar-refractivity contribution >= 4 is 5.96 Å². The minimum absolute atomic E-state index is 0.657. The topological polar surface area (TPSA) is 58.8 Å². The van der Waals surface area contributed by atoms with Crippen LogP contribution in [-0.4, -0.2) is 32.3 Å². The summed E-state index contributed by atoms with van der Waals surface area (Å²) in [5.41, 5.74) is 1.20. The Labute approximate surface area is 156 Å². The van der Waals surface area contributed by atoms with Crippen molar-refractivity contribution in [2.24, 2.45) is 4.99 Å². The maximum Gasteiger partial charge on any atom is 0.191 e. The fourth-order valence-corrected chi connectivity index (χ4v) is 2.42. The number of nitrogens with one attached hydrogen (secondary N) is 2. The minimum Gasteiger partial charge on any atom is -0.469 e. The predicted molar refractivity (Wildman–Crippen MR) is 106 cm³/mol. The summed E-state index contributed by atoms with van der Waals surface area (Å²) in [7, 11) is 0. The number of benzene rings is 1. The van der Waals surface area contributed by atoms with Crippen LogP contribution < -0.4 is 10.6 Å². The Balaban J connectivity index is 1.74. The smallest absolute Gasteiger partial charge is 0.191 e. The minimum atomic E-state index is 0.657. The molecule has 0 aliphatic rings. The normalized spacial score (nSPS) is 11.5. The second kappa shape index (κ2) is 13.0. The van der Waals surface area contributed by atoms with E-state index in [0.717, 1.165) is 57.3 Å². The number of nitrogens with zero attached hydrogens (tertiary/aromatic N) is 1. The van der Waals surface area contributed by atoms with Gasteiger partial charge in [-0.2, -0.15) is 0 Å². The zero-order valence-corrected chi connectivity index (χ0v) is 15.7. The van der Waals surface area contributed by atoms with Gasteiger partial charge in [-0.25, -0.2) is 4.99 Å². The van der Waals surface area contributed by atoms with Crippen LogP contribution in [0.2, 0.25) is 0 Å². The van der Waals surface area contributed by atoms with Crippen LogP contribution in [0.3, 0.4) is 0 Å². The van der Waals surface area contributed by atoms with Crippen molar-refractivity contribution in [2.45, 2.75) is 39.2 Å². The van der Waals surface area contributed by atoms with E-state index >= 15 is 0 Å². The van der Waals surface area contributed by atoms with Crippen molar-refractivity contribution in [3.63, 3.8) is 0 Å². The van der Waals surface area contributed by atoms with Crippen LogP contribution in [0.5, 0.6) is 0 Å². The Hall–Kier alpha value is -2.27. The van der Waals surface area contributed by atoms with E-state index in [9.17, 15) is 0 Å². The molecule has 1 heterocycles. The van der Waals surface area contributed by atoms with Gasteiger partial charge in [0.1, 0.15) is 5.76 Å². The highest BCUT2D eigenvalue weighted by molar-refractivity contribution is 5.79. The lowest BCUT2D eigenvalue weighted by Crippen LogP contribution is -2.39. The van der Waals surface area contributed by atoms with E-state index < -0.39 is 0 Å². The molecule has 0 amide bonds. The van der Waals surface area contributed by atoms with E-state index in [1.807, 2.05) is 30.3 Å². The molecule has 0 aliphatic carbocycles. The summed E-state index contributed by atoms with van der Waals surface area (Å²) in [5.74, 6) is 1.80. The van der Waals surface area contributed by atoms with Crippen LogP contribution in [0.1, 0.15) is 37.5 Å². The summed E-state index contributed by atoms with van der Waals surface area (Å²) < 4.78 is 11.0. The van der Waals surface area contributed by atoms with Crippen molar-refractivity contribution < 1.29 is 9.15 Å². The predicted octanol–water partition coefficient (Wildman–Crippen LogP) is 3.76. The van der Waals surface area contributed by atoms with Gasteiger partial charge in [0, 0.05) is 32.7 Å². The third-order valence-corrected chi connectivity index (χ3v) is 3.91. The average molecular weight is 357 g/mol. The molecule has 26 heavy (non-hydrogen) atoms. The molecule has 0 aliphatic heterocycles. The number of hydrogen-bond acceptors (Lipinski definition) is 3. The second-order valence-electron chi connectivity index (χ2n) is 6.15. The molecule has 2 rings (SSSR count). The molecule has 2 aromatic rings. The molecule has 5 nitrogen and oxygen atoms in total. The lowest BCUT2D eigenvalue weighted by Gasteiger charge is -2.12. The summed E-state index contributed by atoms with van der Waals surface area (Å²) in [4.78, 5) is 4.68. The summed E-state index contributed by atoms with van der Waals surface area (Å²) >= 11 is 0. The molecule has 0 radical (unpaired) electrons. The summed E-state index contributed by atoms with van der Waals surface area (Å²) in [6, 6.07) is 14.2. The van der Waals surface area contributed by atoms with Crippen LogP contribution in [0.25, 0.3) is 0 Å². The molecular formula is C21H31N3O2. The van der Waals surface area contributed by atoms with E-state index in [0.29, 0.717) is 6.54 Å². The Morgan fingerprint density at radius 1 is 1.00 bits per heavy atom. The van der Waals surface area contributed by atoms with E-state index in [1.54, 1.807) is 6.26 Å². The van der Waals surface area contributed by atoms with Crippen molar-refractivity contribution in [2.75, 3.05) is 26.3 Å². The Bertz CT molecular complexity index is 597. The van der Waals surface area contributed by atoms with Crippen LogP contribution in [0, 0.1) is 0 Å². The first-order chi connectivity index (χ1) is 12.9. The van der Waals surface area contributed by atoms with Gasteiger partial charge < -0.3 is 19.8 Å². The molecule has 2 N–H and O–H groups in total. The number of ether oxygens (including phenoxy) is 1. The van der Waals surface area contributed by atoms with Crippen molar-refractivity contribution in [1.82, 2.24) is 10.6 Å². The Morgan fingerprint density at radius 2 is 1.81 bits per heavy atom. The summed E-state index contributed by atoms with van der Waals surface area (Å²) in [6.45, 7) is 6.09. The lowest BCUT2D eigenvalue weighted by molar-refractivity contribution is 0.129. The molecule has 142 valence electrons. The van der Waals surface area contributed by atoms with Crippen LogP contribution in [0.15, 0.2) is 58.1 Å². The largest absolute Gasteiger partial charge is 0.469 e. The Morgan fingerprint density at radius 3 is 2.58 bits per heavy atom. The van der Waals surface area contributed by atoms with Gasteiger partial charge in [0.15, 0.2) is 5.96 Å². The SMILES string of the molecule is CCCCOCCCNC(=NCc1ccccc1)NCCc1ccco1. The van der Waals surface area contributed by atoms with E-state index in [1.165, 1.54) is 12.0 Å². The second-order valence-corrected chi connectivity index (χ2v) is 6.15. The van der Waals surface area contributed by atoms with Crippen LogP contribution in [0.4, 0.5) is 0 Å². The van der Waals surface area contributed by atoms with Gasteiger partial charge in [0.2, 0.25) is 0 Å². The fourth-order valence-electron chi connectivity index (χ4n) is 2.42. The van der Waals surface area contributed by atoms with Gasteiger partial charge in [-0.1, -0.05) is 43.7 Å². The molecule has 0 atom stereocenters. The molecule has 1 aromatic heterocycles. The molecule has 1 aromatic carbocycles. The third kappa shape index (κ3) is 8.72. The highest BCUT2D eigenvalue weighted by Gasteiger charge is 2.01. The number of unbranched alkanes of at least 4 members (excludes halogenated alkanes) is 1. The van der Waals surface area contributed by atoms with Gasteiger partial charge in [-0.3, -0.25) is 0 Å². The van der Waals surface area contributed by atoms with Crippen molar-refractivity contribution in [3.05, 3.63) is 60.1 Å². The van der Waals surface area contributed by atoms with E-state index in [4.69, 9.17) is 9.15 Å². The molecule has 0 unspecified atom stereocenters. The lowest BCUT2D eigenvalue weighted by atomic mass is 10.2. The maximum absolute atomic E-state index is 5.60. The molecule has 0 saturated heterocycles. The van der Waals surface area contributed by atoms with E-state index in [2.05, 4.69) is 34.7 Å². The fraction of sp³-hybridized carbons (Fsp3) is 0.476. The van der Waals surface area contributed by atoms with Crippen LogP contribution in [-0.2, 0) is 17.7 Å². The number of rotatable bonds is 12. The first-order valence-electron chi connectivity index (χ1n) is 9.54. The van der Waals surface area contributed by atoms with Gasteiger partial charge in [-0.05, 0) is 30.5 Å². The molecule has 5 heteroatoms. The summed E-state index contributed by atoms with van der Waals surface area (Å²) in [6.07, 6.45) is 5.81. The number of guanidine groups is 1. The van der Waals surface area contributed by atoms with Gasteiger partial charge >= 0.3 is 0 Å². The highest BCUT2D eigenvalue weighted by Crippen LogP contribution is 2.01. The maximum atomic E-state index is 5.60. The summed E-state index contributed by atoms with van der Waals surface area (Å²) in [5, 5.41) is 6.77. The average Bonchev–Trinajstić information content (AvgIpc) is 3.19. The molecule has 0 fully saturated rings. The number of furan rings is 1. The standard InChI is InChI=1S/C21H31N3O2/c1-2-3-15-25-16-8-13-22-21(23-14-12-20-11-7-17-26-20)24-18-19-9-5-4-6-10-19/h4-7,9-11,17H,2-3,8,12-16,18H2,1H3,(H2,22,23,24). The number of hydrogen-bond donors (Lipinski definition) is 2. The van der Waals surface area contributed by atoms with Gasteiger partial charge in [0.25, 0.3) is 0 Å². The molecule has 0 saturated carbocycles. The highest BCUT2D eigenvalue weighted by atomic mass is 16.5. The molecule has 0 spiro atoms. The van der Waals surface area contributed by atoms with Crippen molar-refractivity contribution in [1.29, 1.82) is 0 Å².